The van der Waals surface area contributed by atoms with E-state index in [4.69, 9.17) is 20.6 Å². The Morgan fingerprint density at radius 1 is 1.14 bits per heavy atom. The smallest absolute Gasteiger partial charge is 0.338 e. The third-order valence-electron chi connectivity index (χ3n) is 5.53. The summed E-state index contributed by atoms with van der Waals surface area (Å²) in [6, 6.07) is 14.0. The van der Waals surface area contributed by atoms with Crippen molar-refractivity contribution in [1.29, 1.82) is 0 Å². The second-order valence-corrected chi connectivity index (χ2v) is 8.84. The molecule has 1 atom stereocenters. The topological polar surface area (TPSA) is 79.1 Å². The first-order chi connectivity index (χ1) is 17.5. The fraction of sp³-hybridized carbons (Fsp3) is 0.250. The number of thiazole rings is 1. The molecule has 0 unspecified atom stereocenters. The largest absolute Gasteiger partial charge is 0.494 e. The second kappa shape index (κ2) is 11.1. The Kier molecular flexibility index (Phi) is 7.71. The monoisotopic (exact) mass is 502 g/mol. The van der Waals surface area contributed by atoms with E-state index in [1.54, 1.807) is 36.6 Å². The molecule has 0 saturated heterocycles. The van der Waals surface area contributed by atoms with Crippen LogP contribution in [0.1, 0.15) is 37.9 Å². The number of carbonyl (C=O) groups is 1. The maximum atomic E-state index is 13.7. The van der Waals surface area contributed by atoms with Crippen molar-refractivity contribution in [2.75, 3.05) is 19.8 Å². The van der Waals surface area contributed by atoms with Crippen molar-refractivity contribution in [3.05, 3.63) is 90.6 Å². The van der Waals surface area contributed by atoms with Crippen LogP contribution in [0, 0.1) is 12.3 Å². The number of allylic oxidation sites excluding steroid dienone is 1. The molecule has 0 N–H and O–H groups in total. The van der Waals surface area contributed by atoms with E-state index in [1.165, 1.54) is 11.3 Å². The maximum absolute atomic E-state index is 13.7. The molecular formula is C28H26N2O5S. The van der Waals surface area contributed by atoms with Crippen LogP contribution >= 0.6 is 11.3 Å². The minimum absolute atomic E-state index is 0.184. The van der Waals surface area contributed by atoms with Crippen molar-refractivity contribution in [3.8, 4) is 23.8 Å². The Labute approximate surface area is 213 Å². The molecule has 8 heteroatoms. The molecule has 0 bridgehead atoms. The SMILES string of the molecule is C#CCOc1ccc(/C=c2/sc3n(c2=O)[C@@H](c2ccccc2OCC)C(C(=O)OCC)=C(C)N=3)cc1. The number of ether oxygens (including phenoxy) is 3. The number of fused-ring (bicyclic) bond motifs is 1. The number of rotatable bonds is 8. The standard InChI is InChI=1S/C28H26N2O5S/c1-5-16-35-20-14-12-19(13-15-20)17-23-26(31)30-25(21-10-8-9-11-22(21)33-6-2)24(27(32)34-7-3)18(4)29-28(30)36-23/h1,8-15,17,25H,6-7,16H2,2-4H3/b23-17+/t25-/m0/s1. The normalized spacial score (nSPS) is 15.1. The summed E-state index contributed by atoms with van der Waals surface area (Å²) in [6.45, 7) is 6.23. The molecule has 1 aliphatic heterocycles. The van der Waals surface area contributed by atoms with Crippen LogP contribution in [0.3, 0.4) is 0 Å². The summed E-state index contributed by atoms with van der Waals surface area (Å²) in [4.78, 5) is 31.9. The van der Waals surface area contributed by atoms with Crippen molar-refractivity contribution in [2.24, 2.45) is 4.99 Å². The third-order valence-corrected chi connectivity index (χ3v) is 6.51. The molecule has 184 valence electrons. The van der Waals surface area contributed by atoms with Gasteiger partial charge in [-0.2, -0.15) is 0 Å². The Hall–Kier alpha value is -4.09. The Bertz CT molecular complexity index is 1520. The van der Waals surface area contributed by atoms with Gasteiger partial charge in [0.1, 0.15) is 24.1 Å². The van der Waals surface area contributed by atoms with Gasteiger partial charge in [-0.05, 0) is 50.6 Å². The first-order valence-corrected chi connectivity index (χ1v) is 12.4. The van der Waals surface area contributed by atoms with Gasteiger partial charge in [0.2, 0.25) is 0 Å². The van der Waals surface area contributed by atoms with E-state index in [2.05, 4.69) is 10.9 Å². The van der Waals surface area contributed by atoms with E-state index in [0.29, 0.717) is 44.3 Å². The van der Waals surface area contributed by atoms with Crippen LogP contribution in [0.5, 0.6) is 11.5 Å². The quantitative estimate of drug-likeness (QED) is 0.349. The number of hydrogen-bond donors (Lipinski definition) is 0. The summed E-state index contributed by atoms with van der Waals surface area (Å²) in [7, 11) is 0. The number of aromatic nitrogens is 1. The van der Waals surface area contributed by atoms with Crippen LogP contribution in [0.25, 0.3) is 6.08 Å². The lowest BCUT2D eigenvalue weighted by Crippen LogP contribution is -2.40. The average Bonchev–Trinajstić information content (AvgIpc) is 3.17. The number of para-hydroxylation sites is 1. The second-order valence-electron chi connectivity index (χ2n) is 7.83. The highest BCUT2D eigenvalue weighted by Crippen LogP contribution is 2.35. The van der Waals surface area contributed by atoms with Crippen molar-refractivity contribution >= 4 is 23.4 Å². The van der Waals surface area contributed by atoms with Crippen LogP contribution < -0.4 is 24.4 Å². The molecule has 1 aromatic heterocycles. The van der Waals surface area contributed by atoms with Crippen molar-refractivity contribution < 1.29 is 19.0 Å². The predicted octanol–water partition coefficient (Wildman–Crippen LogP) is 3.21. The summed E-state index contributed by atoms with van der Waals surface area (Å²) in [5.74, 6) is 3.16. The van der Waals surface area contributed by atoms with Crippen LogP contribution in [0.2, 0.25) is 0 Å². The minimum atomic E-state index is -0.732. The lowest BCUT2D eigenvalue weighted by Gasteiger charge is -2.26. The summed E-state index contributed by atoms with van der Waals surface area (Å²) in [5.41, 5.74) is 2.09. The van der Waals surface area contributed by atoms with E-state index < -0.39 is 12.0 Å². The molecule has 4 rings (SSSR count). The molecule has 0 saturated carbocycles. The fourth-order valence-electron chi connectivity index (χ4n) is 4.02. The van der Waals surface area contributed by atoms with E-state index in [-0.39, 0.29) is 18.8 Å². The van der Waals surface area contributed by atoms with Gasteiger partial charge in [-0.25, -0.2) is 9.79 Å². The molecule has 0 aliphatic carbocycles. The number of nitrogens with zero attached hydrogens (tertiary/aromatic N) is 2. The van der Waals surface area contributed by atoms with Crippen molar-refractivity contribution in [1.82, 2.24) is 4.57 Å². The van der Waals surface area contributed by atoms with Crippen LogP contribution in [0.15, 0.2) is 69.6 Å². The number of hydrogen-bond acceptors (Lipinski definition) is 7. The molecule has 0 radical (unpaired) electrons. The summed E-state index contributed by atoms with van der Waals surface area (Å²) >= 11 is 1.27. The highest BCUT2D eigenvalue weighted by atomic mass is 32.1. The molecule has 0 spiro atoms. The highest BCUT2D eigenvalue weighted by Gasteiger charge is 2.35. The van der Waals surface area contributed by atoms with Crippen LogP contribution in [0.4, 0.5) is 0 Å². The Balaban J connectivity index is 1.88. The van der Waals surface area contributed by atoms with Gasteiger partial charge in [-0.1, -0.05) is 47.6 Å². The predicted molar refractivity (Wildman–Crippen MR) is 139 cm³/mol. The molecule has 1 aliphatic rings. The van der Waals surface area contributed by atoms with Gasteiger partial charge in [-0.3, -0.25) is 9.36 Å². The van der Waals surface area contributed by atoms with Gasteiger partial charge < -0.3 is 14.2 Å². The zero-order valence-corrected chi connectivity index (χ0v) is 21.1. The number of terminal acetylenes is 1. The van der Waals surface area contributed by atoms with Gasteiger partial charge in [0.25, 0.3) is 5.56 Å². The maximum Gasteiger partial charge on any atom is 0.338 e. The summed E-state index contributed by atoms with van der Waals surface area (Å²) in [5, 5.41) is 0. The zero-order valence-electron chi connectivity index (χ0n) is 20.3. The molecule has 2 aromatic carbocycles. The van der Waals surface area contributed by atoms with E-state index >= 15 is 0 Å². The first kappa shape index (κ1) is 25.0. The zero-order chi connectivity index (χ0) is 25.7. The summed E-state index contributed by atoms with van der Waals surface area (Å²) in [6.07, 6.45) is 7.04. The number of carbonyl (C=O) groups excluding carboxylic acids is 1. The van der Waals surface area contributed by atoms with Gasteiger partial charge >= 0.3 is 5.97 Å². The van der Waals surface area contributed by atoms with Gasteiger partial charge in [-0.15, -0.1) is 6.42 Å². The minimum Gasteiger partial charge on any atom is -0.494 e. The van der Waals surface area contributed by atoms with Gasteiger partial charge in [0.05, 0.1) is 29.0 Å². The van der Waals surface area contributed by atoms with Gasteiger partial charge in [0.15, 0.2) is 4.80 Å². The Morgan fingerprint density at radius 3 is 2.58 bits per heavy atom. The number of esters is 1. The molecule has 2 heterocycles. The van der Waals surface area contributed by atoms with E-state index in [1.807, 2.05) is 43.3 Å². The lowest BCUT2D eigenvalue weighted by atomic mass is 9.95. The molecule has 0 amide bonds. The molecule has 0 fully saturated rings. The summed E-state index contributed by atoms with van der Waals surface area (Å²) < 4.78 is 18.7. The number of benzene rings is 2. The molecule has 7 nitrogen and oxygen atoms in total. The van der Waals surface area contributed by atoms with E-state index in [0.717, 1.165) is 5.56 Å². The average molecular weight is 503 g/mol. The first-order valence-electron chi connectivity index (χ1n) is 11.6. The van der Waals surface area contributed by atoms with E-state index in [9.17, 15) is 9.59 Å². The van der Waals surface area contributed by atoms with Crippen LogP contribution in [-0.2, 0) is 9.53 Å². The highest BCUT2D eigenvalue weighted by molar-refractivity contribution is 7.07. The lowest BCUT2D eigenvalue weighted by molar-refractivity contribution is -0.139. The molecular weight excluding hydrogens is 476 g/mol. The molecule has 3 aromatic rings. The van der Waals surface area contributed by atoms with Crippen LogP contribution in [-0.4, -0.2) is 30.4 Å². The fourth-order valence-corrected chi connectivity index (χ4v) is 5.06. The van der Waals surface area contributed by atoms with Gasteiger partial charge in [0, 0.05) is 5.56 Å². The third kappa shape index (κ3) is 4.97. The van der Waals surface area contributed by atoms with Crippen molar-refractivity contribution in [3.63, 3.8) is 0 Å². The Morgan fingerprint density at radius 2 is 1.89 bits per heavy atom. The van der Waals surface area contributed by atoms with Crippen molar-refractivity contribution in [2.45, 2.75) is 26.8 Å². The molecule has 36 heavy (non-hydrogen) atoms.